The number of ether oxygens (including phenoxy) is 3. The molecule has 0 aliphatic carbocycles. The number of furan rings is 1. The van der Waals surface area contributed by atoms with Crippen molar-refractivity contribution in [3.8, 4) is 28.6 Å². The molecule has 0 amide bonds. The quantitative estimate of drug-likeness (QED) is 0.396. The molecule has 5 rings (SSSR count). The Morgan fingerprint density at radius 1 is 0.970 bits per heavy atom. The number of hydrogen-bond donors (Lipinski definition) is 5. The molecule has 3 aromatic rings. The van der Waals surface area contributed by atoms with E-state index in [1.165, 1.54) is 12.1 Å². The van der Waals surface area contributed by atoms with E-state index in [2.05, 4.69) is 0 Å². The molecule has 1 aromatic heterocycles. The van der Waals surface area contributed by atoms with Crippen LogP contribution in [0.3, 0.4) is 0 Å². The number of benzene rings is 2. The van der Waals surface area contributed by atoms with E-state index >= 15 is 0 Å². The summed E-state index contributed by atoms with van der Waals surface area (Å²) in [4.78, 5) is 0. The van der Waals surface area contributed by atoms with E-state index in [4.69, 9.17) is 18.6 Å². The van der Waals surface area contributed by atoms with Crippen LogP contribution in [0.15, 0.2) is 40.8 Å². The number of aromatic hydroxyl groups is 1. The second-order valence-electron chi connectivity index (χ2n) is 9.12. The van der Waals surface area contributed by atoms with Gasteiger partial charge in [-0.3, -0.25) is 0 Å². The van der Waals surface area contributed by atoms with E-state index in [-0.39, 0.29) is 18.1 Å². The number of rotatable bonds is 3. The van der Waals surface area contributed by atoms with Crippen molar-refractivity contribution in [2.75, 3.05) is 6.61 Å². The highest BCUT2D eigenvalue weighted by Crippen LogP contribution is 2.39. The summed E-state index contributed by atoms with van der Waals surface area (Å²) < 4.78 is 22.9. The summed E-state index contributed by atoms with van der Waals surface area (Å²) in [6, 6.07) is 9.97. The first-order valence-electron chi connectivity index (χ1n) is 10.7. The van der Waals surface area contributed by atoms with Crippen LogP contribution in [0.5, 0.6) is 17.2 Å². The molecular weight excluding hydrogens is 432 g/mol. The molecule has 5 N–H and O–H groups in total. The molecule has 3 heterocycles. The van der Waals surface area contributed by atoms with Crippen molar-refractivity contribution in [3.63, 3.8) is 0 Å². The summed E-state index contributed by atoms with van der Waals surface area (Å²) in [7, 11) is 0. The van der Waals surface area contributed by atoms with Crippen LogP contribution in [0.4, 0.5) is 0 Å². The molecular formula is C24H26O9. The number of phenolic OH excluding ortho intramolecular Hbond substituents is 1. The van der Waals surface area contributed by atoms with Crippen LogP contribution in [0.1, 0.15) is 19.4 Å². The highest BCUT2D eigenvalue weighted by atomic mass is 16.7. The molecule has 2 aliphatic rings. The molecule has 1 fully saturated rings. The Morgan fingerprint density at radius 2 is 1.76 bits per heavy atom. The predicted octanol–water partition coefficient (Wildman–Crippen LogP) is 1.70. The number of hydrogen-bond acceptors (Lipinski definition) is 9. The Balaban J connectivity index is 1.45. The molecule has 2 aliphatic heterocycles. The highest BCUT2D eigenvalue weighted by molar-refractivity contribution is 5.85. The van der Waals surface area contributed by atoms with Crippen LogP contribution in [-0.2, 0) is 11.2 Å². The fraction of sp³-hybridized carbons (Fsp3) is 0.417. The summed E-state index contributed by atoms with van der Waals surface area (Å²) in [6.07, 6.45) is -5.46. The van der Waals surface area contributed by atoms with Gasteiger partial charge in [0, 0.05) is 29.5 Å². The monoisotopic (exact) mass is 458 g/mol. The predicted molar refractivity (Wildman–Crippen MR) is 116 cm³/mol. The Labute approximate surface area is 189 Å². The molecule has 9 heteroatoms. The summed E-state index contributed by atoms with van der Waals surface area (Å²) >= 11 is 0. The molecule has 1 saturated heterocycles. The van der Waals surface area contributed by atoms with E-state index in [9.17, 15) is 25.5 Å². The highest BCUT2D eigenvalue weighted by Gasteiger charge is 2.39. The van der Waals surface area contributed by atoms with Crippen molar-refractivity contribution in [2.24, 2.45) is 0 Å². The summed E-state index contributed by atoms with van der Waals surface area (Å²) in [5.41, 5.74) is 1.28. The fourth-order valence-electron chi connectivity index (χ4n) is 4.13. The lowest BCUT2D eigenvalue weighted by atomic mass is 9.90. The molecule has 176 valence electrons. The number of aliphatic hydroxyl groups excluding tert-OH is 4. The second-order valence-corrected chi connectivity index (χ2v) is 9.12. The van der Waals surface area contributed by atoms with Crippen molar-refractivity contribution in [1.82, 2.24) is 0 Å². The van der Waals surface area contributed by atoms with E-state index in [0.29, 0.717) is 29.1 Å². The van der Waals surface area contributed by atoms with Gasteiger partial charge < -0.3 is 44.2 Å². The molecule has 0 unspecified atom stereocenters. The first-order valence-corrected chi connectivity index (χ1v) is 10.7. The largest absolute Gasteiger partial charge is 0.508 e. The molecule has 0 spiro atoms. The van der Waals surface area contributed by atoms with E-state index in [1.54, 1.807) is 12.1 Å². The van der Waals surface area contributed by atoms with Crippen molar-refractivity contribution < 1.29 is 44.2 Å². The Kier molecular flexibility index (Phi) is 5.26. The van der Waals surface area contributed by atoms with Gasteiger partial charge in [-0.05, 0) is 43.7 Å². The lowest BCUT2D eigenvalue weighted by molar-refractivity contribution is -0.242. The van der Waals surface area contributed by atoms with E-state index in [0.717, 1.165) is 10.9 Å². The zero-order valence-corrected chi connectivity index (χ0v) is 18.1. The lowest BCUT2D eigenvalue weighted by Crippen LogP contribution is -2.54. The number of fused-ring (bicyclic) bond motifs is 2. The normalized spacial score (nSPS) is 28.8. The van der Waals surface area contributed by atoms with Crippen LogP contribution in [0, 0.1) is 0 Å². The molecule has 9 nitrogen and oxygen atoms in total. The third-order valence-corrected chi connectivity index (χ3v) is 6.17. The Hall–Kier alpha value is -2.82. The molecule has 33 heavy (non-hydrogen) atoms. The molecule has 0 radical (unpaired) electrons. The topological polar surface area (TPSA) is 142 Å². The van der Waals surface area contributed by atoms with Gasteiger partial charge in [0.25, 0.3) is 0 Å². The summed E-state index contributed by atoms with van der Waals surface area (Å²) in [5, 5.41) is 50.9. The minimum Gasteiger partial charge on any atom is -0.508 e. The van der Waals surface area contributed by atoms with Crippen molar-refractivity contribution in [1.29, 1.82) is 0 Å². The van der Waals surface area contributed by atoms with Crippen LogP contribution >= 0.6 is 0 Å². The molecule has 5 atom stereocenters. The SMILES string of the molecule is CC1(C)Oc2cc3oc(-c4cc(O)cc(O[C@@H]5OC[C@@H](O)[C@H](O)[C@H]5O)c4)cc3cc2C[C@H]1O. The lowest BCUT2D eigenvalue weighted by Gasteiger charge is -2.36. The van der Waals surface area contributed by atoms with Crippen molar-refractivity contribution >= 4 is 11.0 Å². The third kappa shape index (κ3) is 4.03. The van der Waals surface area contributed by atoms with Gasteiger partial charge in [0.2, 0.25) is 6.29 Å². The average Bonchev–Trinajstić information content (AvgIpc) is 3.16. The zero-order chi connectivity index (χ0) is 23.5. The van der Waals surface area contributed by atoms with Gasteiger partial charge in [-0.1, -0.05) is 0 Å². The molecule has 0 bridgehead atoms. The van der Waals surface area contributed by atoms with Crippen molar-refractivity contribution in [3.05, 3.63) is 42.0 Å². The van der Waals surface area contributed by atoms with E-state index in [1.807, 2.05) is 26.0 Å². The first-order chi connectivity index (χ1) is 15.6. The van der Waals surface area contributed by atoms with Crippen LogP contribution in [0.2, 0.25) is 0 Å². The van der Waals surface area contributed by atoms with Gasteiger partial charge in [0.15, 0.2) is 0 Å². The van der Waals surface area contributed by atoms with Gasteiger partial charge in [-0.15, -0.1) is 0 Å². The van der Waals surface area contributed by atoms with Gasteiger partial charge in [0.05, 0.1) is 12.7 Å². The summed E-state index contributed by atoms with van der Waals surface area (Å²) in [6.45, 7) is 3.47. The maximum absolute atomic E-state index is 10.3. The standard InChI is InChI=1S/C24H26O9/c1-24(2)20(27)7-12-3-11-6-17(32-18(11)9-19(12)33-24)13-4-14(25)8-15(5-13)31-23-22(29)21(28)16(26)10-30-23/h3-6,8-9,16,20-23,25-29H,7,10H2,1-2H3/t16-,20-,21+,22-,23+/m1/s1. The average molecular weight is 458 g/mol. The molecule has 0 saturated carbocycles. The Bertz CT molecular complexity index is 1180. The minimum atomic E-state index is -1.46. The number of phenols is 1. The minimum absolute atomic E-state index is 0.0960. The van der Waals surface area contributed by atoms with Gasteiger partial charge in [-0.2, -0.15) is 0 Å². The van der Waals surface area contributed by atoms with Gasteiger partial charge in [-0.25, -0.2) is 0 Å². The fourth-order valence-corrected chi connectivity index (χ4v) is 4.13. The summed E-state index contributed by atoms with van der Waals surface area (Å²) in [5.74, 6) is 1.21. The van der Waals surface area contributed by atoms with Crippen LogP contribution < -0.4 is 9.47 Å². The van der Waals surface area contributed by atoms with Gasteiger partial charge in [0.1, 0.15) is 52.5 Å². The first kappa shape index (κ1) is 22.0. The maximum Gasteiger partial charge on any atom is 0.228 e. The second kappa shape index (κ2) is 7.89. The molecule has 2 aromatic carbocycles. The third-order valence-electron chi connectivity index (χ3n) is 6.17. The smallest absolute Gasteiger partial charge is 0.228 e. The van der Waals surface area contributed by atoms with Crippen LogP contribution in [-0.4, -0.2) is 68.4 Å². The Morgan fingerprint density at radius 3 is 2.55 bits per heavy atom. The zero-order valence-electron chi connectivity index (χ0n) is 18.1. The van der Waals surface area contributed by atoms with E-state index < -0.39 is 36.3 Å². The van der Waals surface area contributed by atoms with Crippen molar-refractivity contribution in [2.45, 2.75) is 56.6 Å². The maximum atomic E-state index is 10.3. The number of aliphatic hydroxyl groups is 4. The van der Waals surface area contributed by atoms with Crippen LogP contribution in [0.25, 0.3) is 22.3 Å². The van der Waals surface area contributed by atoms with Gasteiger partial charge >= 0.3 is 0 Å².